The van der Waals surface area contributed by atoms with Crippen LogP contribution in [-0.4, -0.2) is 17.0 Å². The lowest BCUT2D eigenvalue weighted by atomic mass is 10.2. The number of aliphatic imine (C=N–C) groups is 1. The van der Waals surface area contributed by atoms with Gasteiger partial charge in [-0.15, -0.1) is 0 Å². The number of amidine groups is 1. The minimum atomic E-state index is -0.413. The van der Waals surface area contributed by atoms with Crippen LogP contribution in [0.1, 0.15) is 21.5 Å². The van der Waals surface area contributed by atoms with Crippen molar-refractivity contribution in [1.82, 2.24) is 5.32 Å². The zero-order chi connectivity index (χ0) is 21.6. The van der Waals surface area contributed by atoms with Gasteiger partial charge in [0.05, 0.1) is 4.91 Å². The predicted octanol–water partition coefficient (Wildman–Crippen LogP) is 4.81. The summed E-state index contributed by atoms with van der Waals surface area (Å²) in [5.74, 6) is -0.394. The Morgan fingerprint density at radius 3 is 2.55 bits per heavy atom. The van der Waals surface area contributed by atoms with Crippen molar-refractivity contribution in [2.75, 3.05) is 0 Å². The van der Waals surface area contributed by atoms with Gasteiger partial charge in [0.15, 0.2) is 5.17 Å². The highest BCUT2D eigenvalue weighted by atomic mass is 32.2. The van der Waals surface area contributed by atoms with Gasteiger partial charge in [-0.2, -0.15) is 4.99 Å². The number of carbonyl (C=O) groups is 2. The fraction of sp³-hybridized carbons (Fsp3) is 0.0417. The van der Waals surface area contributed by atoms with Crippen molar-refractivity contribution < 1.29 is 18.7 Å². The van der Waals surface area contributed by atoms with Crippen LogP contribution in [0.5, 0.6) is 5.75 Å². The molecule has 1 fully saturated rings. The topological polar surface area (TPSA) is 67.8 Å². The Kier molecular flexibility index (Phi) is 6.24. The number of rotatable bonds is 5. The maximum absolute atomic E-state index is 13.2. The minimum absolute atomic E-state index is 0.250. The molecule has 1 N–H and O–H groups in total. The normalized spacial score (nSPS) is 15.8. The molecule has 5 nitrogen and oxygen atoms in total. The third-order valence-corrected chi connectivity index (χ3v) is 5.26. The third-order valence-electron chi connectivity index (χ3n) is 4.35. The van der Waals surface area contributed by atoms with E-state index >= 15 is 0 Å². The first kappa shape index (κ1) is 20.6. The number of benzene rings is 3. The maximum atomic E-state index is 13.2. The first-order valence-corrected chi connectivity index (χ1v) is 10.2. The largest absolute Gasteiger partial charge is 0.489 e. The molecular weight excluding hydrogens is 415 g/mol. The van der Waals surface area contributed by atoms with Gasteiger partial charge in [-0.3, -0.25) is 9.59 Å². The second-order valence-electron chi connectivity index (χ2n) is 6.64. The van der Waals surface area contributed by atoms with Crippen LogP contribution in [-0.2, 0) is 11.4 Å². The fourth-order valence-corrected chi connectivity index (χ4v) is 3.64. The second kappa shape index (κ2) is 9.40. The van der Waals surface area contributed by atoms with Crippen LogP contribution in [0, 0.1) is 5.82 Å². The summed E-state index contributed by atoms with van der Waals surface area (Å²) in [4.78, 5) is 28.8. The quantitative estimate of drug-likeness (QED) is 0.588. The van der Waals surface area contributed by atoms with E-state index in [0.29, 0.717) is 16.2 Å². The van der Waals surface area contributed by atoms with Gasteiger partial charge in [0.2, 0.25) is 0 Å². The molecule has 1 heterocycles. The number of thioether (sulfide) groups is 1. The molecule has 0 saturated carbocycles. The standard InChI is InChI=1S/C24H17FN2O3S/c25-19-8-4-5-17(13-19)15-30-20-11-9-16(10-12-20)14-21-23(29)27-24(31-21)26-22(28)18-6-2-1-3-7-18/h1-14H,15H2,(H,26,27,28,29)/b21-14-. The van der Waals surface area contributed by atoms with Gasteiger partial charge < -0.3 is 10.1 Å². The van der Waals surface area contributed by atoms with E-state index in [0.717, 1.165) is 22.9 Å². The van der Waals surface area contributed by atoms with E-state index in [1.165, 1.54) is 12.1 Å². The van der Waals surface area contributed by atoms with Crippen LogP contribution in [0.2, 0.25) is 0 Å². The first-order valence-electron chi connectivity index (χ1n) is 9.43. The number of amides is 2. The number of hydrogen-bond acceptors (Lipinski definition) is 4. The first-order chi connectivity index (χ1) is 15.1. The van der Waals surface area contributed by atoms with Crippen molar-refractivity contribution in [3.63, 3.8) is 0 Å². The van der Waals surface area contributed by atoms with Crippen LogP contribution >= 0.6 is 11.8 Å². The highest BCUT2D eigenvalue weighted by Crippen LogP contribution is 2.27. The zero-order valence-electron chi connectivity index (χ0n) is 16.2. The summed E-state index contributed by atoms with van der Waals surface area (Å²) in [6, 6.07) is 22.1. The van der Waals surface area contributed by atoms with Crippen LogP contribution in [0.15, 0.2) is 88.8 Å². The van der Waals surface area contributed by atoms with Crippen molar-refractivity contribution in [3.8, 4) is 5.75 Å². The van der Waals surface area contributed by atoms with Crippen molar-refractivity contribution in [2.45, 2.75) is 6.61 Å². The predicted molar refractivity (Wildman–Crippen MR) is 119 cm³/mol. The molecule has 1 saturated heterocycles. The SMILES string of the molecule is O=C1NC(=NC(=O)c2ccccc2)S/C1=C\c1ccc(OCc2cccc(F)c2)cc1. The summed E-state index contributed by atoms with van der Waals surface area (Å²) in [6.45, 7) is 0.256. The Labute approximate surface area is 182 Å². The molecule has 0 spiro atoms. The number of nitrogens with one attached hydrogen (secondary N) is 1. The Balaban J connectivity index is 1.39. The summed E-state index contributed by atoms with van der Waals surface area (Å²) in [5.41, 5.74) is 1.99. The van der Waals surface area contributed by atoms with Gasteiger partial charge in [-0.05, 0) is 65.4 Å². The molecule has 0 unspecified atom stereocenters. The van der Waals surface area contributed by atoms with E-state index in [1.807, 2.05) is 18.2 Å². The van der Waals surface area contributed by atoms with Crippen molar-refractivity contribution in [2.24, 2.45) is 4.99 Å². The van der Waals surface area contributed by atoms with Gasteiger partial charge in [0.25, 0.3) is 11.8 Å². The molecule has 1 aliphatic rings. The van der Waals surface area contributed by atoms with E-state index in [4.69, 9.17) is 4.74 Å². The molecule has 0 atom stereocenters. The zero-order valence-corrected chi connectivity index (χ0v) is 17.1. The highest BCUT2D eigenvalue weighted by molar-refractivity contribution is 8.18. The van der Waals surface area contributed by atoms with E-state index in [9.17, 15) is 14.0 Å². The molecule has 3 aromatic carbocycles. The number of hydrogen-bond donors (Lipinski definition) is 1. The molecule has 7 heteroatoms. The molecule has 1 aliphatic heterocycles. The summed E-state index contributed by atoms with van der Waals surface area (Å²) in [7, 11) is 0. The average Bonchev–Trinajstić information content (AvgIpc) is 3.12. The van der Waals surface area contributed by atoms with Crippen LogP contribution in [0.25, 0.3) is 6.08 Å². The molecular formula is C24H17FN2O3S. The number of ether oxygens (including phenoxy) is 1. The third kappa shape index (κ3) is 5.46. The molecule has 154 valence electrons. The molecule has 31 heavy (non-hydrogen) atoms. The van der Waals surface area contributed by atoms with E-state index in [1.54, 1.807) is 54.6 Å². The lowest BCUT2D eigenvalue weighted by molar-refractivity contribution is -0.115. The van der Waals surface area contributed by atoms with Crippen LogP contribution in [0.4, 0.5) is 4.39 Å². The van der Waals surface area contributed by atoms with Crippen molar-refractivity contribution in [1.29, 1.82) is 0 Å². The van der Waals surface area contributed by atoms with E-state index in [2.05, 4.69) is 10.3 Å². The Hall–Kier alpha value is -3.71. The molecule has 3 aromatic rings. The van der Waals surface area contributed by atoms with Gasteiger partial charge in [-0.1, -0.05) is 42.5 Å². The van der Waals surface area contributed by atoms with E-state index in [-0.39, 0.29) is 23.5 Å². The van der Waals surface area contributed by atoms with Gasteiger partial charge in [0, 0.05) is 5.56 Å². The summed E-state index contributed by atoms with van der Waals surface area (Å²) in [6.07, 6.45) is 1.71. The van der Waals surface area contributed by atoms with Gasteiger partial charge in [0.1, 0.15) is 18.2 Å². The number of halogens is 1. The summed E-state index contributed by atoms with van der Waals surface area (Å²) >= 11 is 1.11. The fourth-order valence-electron chi connectivity index (χ4n) is 2.82. The number of carbonyl (C=O) groups excluding carboxylic acids is 2. The Morgan fingerprint density at radius 1 is 1.03 bits per heavy atom. The summed E-state index contributed by atoms with van der Waals surface area (Å²) < 4.78 is 18.9. The van der Waals surface area contributed by atoms with Gasteiger partial charge >= 0.3 is 0 Å². The molecule has 0 bridgehead atoms. The highest BCUT2D eigenvalue weighted by Gasteiger charge is 2.24. The average molecular weight is 432 g/mol. The molecule has 0 aromatic heterocycles. The molecule has 2 amide bonds. The lowest BCUT2D eigenvalue weighted by Crippen LogP contribution is -2.20. The maximum Gasteiger partial charge on any atom is 0.279 e. The Morgan fingerprint density at radius 2 is 1.81 bits per heavy atom. The molecule has 4 rings (SSSR count). The monoisotopic (exact) mass is 432 g/mol. The van der Waals surface area contributed by atoms with Crippen molar-refractivity contribution in [3.05, 3.63) is 106 Å². The van der Waals surface area contributed by atoms with Crippen LogP contribution in [0.3, 0.4) is 0 Å². The van der Waals surface area contributed by atoms with Crippen LogP contribution < -0.4 is 10.1 Å². The van der Waals surface area contributed by atoms with Gasteiger partial charge in [-0.25, -0.2) is 4.39 Å². The van der Waals surface area contributed by atoms with E-state index < -0.39 is 5.91 Å². The number of nitrogens with zero attached hydrogens (tertiary/aromatic N) is 1. The van der Waals surface area contributed by atoms with Crippen molar-refractivity contribution >= 4 is 34.8 Å². The molecule has 0 aliphatic carbocycles. The Bertz CT molecular complexity index is 1170. The summed E-state index contributed by atoms with van der Waals surface area (Å²) in [5, 5.41) is 2.86. The second-order valence-corrected chi connectivity index (χ2v) is 7.67. The smallest absolute Gasteiger partial charge is 0.279 e. The molecule has 0 radical (unpaired) electrons. The minimum Gasteiger partial charge on any atom is -0.489 e. The lowest BCUT2D eigenvalue weighted by Gasteiger charge is -2.06.